The van der Waals surface area contributed by atoms with Crippen LogP contribution < -0.4 is 5.56 Å². The molecule has 2 heterocycles. The van der Waals surface area contributed by atoms with Crippen LogP contribution in [0.25, 0.3) is 11.0 Å². The molecule has 0 atom stereocenters. The summed E-state index contributed by atoms with van der Waals surface area (Å²) in [6, 6.07) is 2.93. The zero-order chi connectivity index (χ0) is 12.6. The Balaban J connectivity index is 2.95. The molecule has 0 unspecified atom stereocenters. The third-order valence-electron chi connectivity index (χ3n) is 2.65. The smallest absolute Gasteiger partial charge is 0.336 e. The van der Waals surface area contributed by atoms with E-state index in [1.807, 2.05) is 6.92 Å². The number of aryl methyl sites for hydroxylation is 2. The van der Waals surface area contributed by atoms with Crippen molar-refractivity contribution in [2.45, 2.75) is 20.3 Å². The van der Waals surface area contributed by atoms with Crippen molar-refractivity contribution in [1.29, 1.82) is 0 Å². The van der Waals surface area contributed by atoms with E-state index >= 15 is 0 Å². The zero-order valence-electron chi connectivity index (χ0n) is 9.57. The number of carbonyl (C=O) groups is 1. The molecule has 0 amide bonds. The average Bonchev–Trinajstić information content (AvgIpc) is 2.26. The average molecular weight is 232 g/mol. The number of aromatic nitrogens is 2. The Morgan fingerprint density at radius 3 is 2.76 bits per heavy atom. The first-order chi connectivity index (χ1) is 8.02. The number of aromatic carboxylic acids is 1. The predicted octanol–water partition coefficient (Wildman–Crippen LogP) is 1.49. The van der Waals surface area contributed by atoms with Crippen molar-refractivity contribution in [2.24, 2.45) is 0 Å². The van der Waals surface area contributed by atoms with E-state index in [4.69, 9.17) is 0 Å². The van der Waals surface area contributed by atoms with E-state index < -0.39 is 5.97 Å². The van der Waals surface area contributed by atoms with Crippen LogP contribution in [0, 0.1) is 6.92 Å². The Hall–Kier alpha value is -2.17. The van der Waals surface area contributed by atoms with Gasteiger partial charge in [-0.3, -0.25) is 4.79 Å². The summed E-state index contributed by atoms with van der Waals surface area (Å²) in [5.41, 5.74) is 1.52. The van der Waals surface area contributed by atoms with E-state index in [9.17, 15) is 14.7 Å². The van der Waals surface area contributed by atoms with Crippen molar-refractivity contribution in [2.75, 3.05) is 0 Å². The van der Waals surface area contributed by atoms with Crippen LogP contribution in [-0.4, -0.2) is 21.0 Å². The number of carboxylic acid groups (broad SMARTS) is 1. The number of pyridine rings is 2. The van der Waals surface area contributed by atoms with Gasteiger partial charge in [0.05, 0.1) is 5.56 Å². The molecule has 0 spiro atoms. The van der Waals surface area contributed by atoms with Gasteiger partial charge in [0.2, 0.25) is 5.56 Å². The summed E-state index contributed by atoms with van der Waals surface area (Å²) >= 11 is 0. The first-order valence-electron chi connectivity index (χ1n) is 5.29. The number of carboxylic acids is 1. The van der Waals surface area contributed by atoms with Gasteiger partial charge in [-0.05, 0) is 25.0 Å². The van der Waals surface area contributed by atoms with Gasteiger partial charge in [0.15, 0.2) is 0 Å². The van der Waals surface area contributed by atoms with Crippen molar-refractivity contribution >= 4 is 17.0 Å². The molecule has 0 fully saturated rings. The third-order valence-corrected chi connectivity index (χ3v) is 2.65. The highest BCUT2D eigenvalue weighted by molar-refractivity contribution is 6.02. The van der Waals surface area contributed by atoms with E-state index in [0.29, 0.717) is 28.7 Å². The van der Waals surface area contributed by atoms with Crippen molar-refractivity contribution in [3.63, 3.8) is 0 Å². The monoisotopic (exact) mass is 232 g/mol. The SMILES string of the molecule is CCc1cc(C(=O)O)c2c(C)cc(=O)[nH]c2n1. The molecule has 0 saturated carbocycles. The number of aromatic amines is 1. The predicted molar refractivity (Wildman–Crippen MR) is 63.4 cm³/mol. The van der Waals surface area contributed by atoms with Gasteiger partial charge < -0.3 is 10.1 Å². The zero-order valence-corrected chi connectivity index (χ0v) is 9.57. The minimum atomic E-state index is -1.01. The topological polar surface area (TPSA) is 83.0 Å². The normalized spacial score (nSPS) is 10.7. The molecule has 0 aliphatic heterocycles. The molecular weight excluding hydrogens is 220 g/mol. The number of nitrogens with one attached hydrogen (secondary N) is 1. The molecular formula is C12H12N2O3. The maximum Gasteiger partial charge on any atom is 0.336 e. The lowest BCUT2D eigenvalue weighted by molar-refractivity contribution is 0.0698. The molecule has 2 N–H and O–H groups in total. The van der Waals surface area contributed by atoms with Gasteiger partial charge in [-0.2, -0.15) is 0 Å². The Kier molecular flexibility index (Phi) is 2.67. The van der Waals surface area contributed by atoms with Crippen molar-refractivity contribution < 1.29 is 9.90 Å². The summed E-state index contributed by atoms with van der Waals surface area (Å²) in [5, 5.41) is 9.67. The van der Waals surface area contributed by atoms with Crippen LogP contribution in [0.5, 0.6) is 0 Å². The summed E-state index contributed by atoms with van der Waals surface area (Å²) in [5.74, 6) is -1.01. The van der Waals surface area contributed by atoms with Gasteiger partial charge in [-0.25, -0.2) is 9.78 Å². The van der Waals surface area contributed by atoms with Crippen LogP contribution in [0.2, 0.25) is 0 Å². The standard InChI is InChI=1S/C12H12N2O3/c1-3-7-5-8(12(16)17)10-6(2)4-9(15)14-11(10)13-7/h4-5H,3H2,1-2H3,(H,16,17)(H,13,14,15). The highest BCUT2D eigenvalue weighted by atomic mass is 16.4. The van der Waals surface area contributed by atoms with E-state index in [1.165, 1.54) is 6.07 Å². The van der Waals surface area contributed by atoms with Crippen LogP contribution in [-0.2, 0) is 6.42 Å². The molecule has 2 rings (SSSR count). The van der Waals surface area contributed by atoms with Crippen molar-refractivity contribution in [3.8, 4) is 0 Å². The van der Waals surface area contributed by atoms with Gasteiger partial charge in [0, 0.05) is 17.1 Å². The molecule has 0 saturated heterocycles. The lowest BCUT2D eigenvalue weighted by atomic mass is 10.1. The van der Waals surface area contributed by atoms with Crippen LogP contribution in [0.4, 0.5) is 0 Å². The van der Waals surface area contributed by atoms with Crippen LogP contribution in [0.15, 0.2) is 16.9 Å². The fourth-order valence-corrected chi connectivity index (χ4v) is 1.86. The summed E-state index contributed by atoms with van der Waals surface area (Å²) in [7, 11) is 0. The molecule has 0 aromatic carbocycles. The van der Waals surface area contributed by atoms with Crippen LogP contribution in [0.3, 0.4) is 0 Å². The molecule has 5 heteroatoms. The van der Waals surface area contributed by atoms with E-state index in [0.717, 1.165) is 0 Å². The second-order valence-electron chi connectivity index (χ2n) is 3.86. The van der Waals surface area contributed by atoms with E-state index in [2.05, 4.69) is 9.97 Å². The summed E-state index contributed by atoms with van der Waals surface area (Å²) in [6.45, 7) is 3.59. The molecule has 88 valence electrons. The number of rotatable bonds is 2. The second kappa shape index (κ2) is 4.01. The molecule has 2 aromatic heterocycles. The molecule has 17 heavy (non-hydrogen) atoms. The fourth-order valence-electron chi connectivity index (χ4n) is 1.86. The van der Waals surface area contributed by atoms with Crippen LogP contribution >= 0.6 is 0 Å². The quantitative estimate of drug-likeness (QED) is 0.821. The minimum Gasteiger partial charge on any atom is -0.478 e. The van der Waals surface area contributed by atoms with Gasteiger partial charge in [0.25, 0.3) is 0 Å². The van der Waals surface area contributed by atoms with Crippen molar-refractivity contribution in [3.05, 3.63) is 39.3 Å². The molecule has 0 aliphatic rings. The van der Waals surface area contributed by atoms with Gasteiger partial charge in [-0.1, -0.05) is 6.92 Å². The Morgan fingerprint density at radius 2 is 2.18 bits per heavy atom. The first kappa shape index (κ1) is 11.3. The molecule has 2 aromatic rings. The minimum absolute atomic E-state index is 0.181. The largest absolute Gasteiger partial charge is 0.478 e. The summed E-state index contributed by atoms with van der Waals surface area (Å²) in [6.07, 6.45) is 0.617. The molecule has 0 aliphatic carbocycles. The number of hydrogen-bond donors (Lipinski definition) is 2. The summed E-state index contributed by atoms with van der Waals surface area (Å²) < 4.78 is 0. The second-order valence-corrected chi connectivity index (χ2v) is 3.86. The van der Waals surface area contributed by atoms with Gasteiger partial charge >= 0.3 is 5.97 Å². The van der Waals surface area contributed by atoms with Crippen LogP contribution in [0.1, 0.15) is 28.5 Å². The van der Waals surface area contributed by atoms with E-state index in [-0.39, 0.29) is 11.1 Å². The van der Waals surface area contributed by atoms with E-state index in [1.54, 1.807) is 13.0 Å². The number of fused-ring (bicyclic) bond motifs is 1. The Bertz CT molecular complexity index is 659. The van der Waals surface area contributed by atoms with Crippen molar-refractivity contribution in [1.82, 2.24) is 9.97 Å². The number of H-pyrrole nitrogens is 1. The lowest BCUT2D eigenvalue weighted by Gasteiger charge is -2.07. The lowest BCUT2D eigenvalue weighted by Crippen LogP contribution is -2.10. The summed E-state index contributed by atoms with van der Waals surface area (Å²) in [4.78, 5) is 29.4. The molecule has 5 nitrogen and oxygen atoms in total. The molecule has 0 bridgehead atoms. The first-order valence-corrected chi connectivity index (χ1v) is 5.29. The maximum atomic E-state index is 11.3. The van der Waals surface area contributed by atoms with Gasteiger partial charge in [-0.15, -0.1) is 0 Å². The maximum absolute atomic E-state index is 11.3. The third kappa shape index (κ3) is 1.91. The Labute approximate surface area is 97.1 Å². The fraction of sp³-hybridized carbons (Fsp3) is 0.250. The number of nitrogens with zero attached hydrogens (tertiary/aromatic N) is 1. The number of hydrogen-bond acceptors (Lipinski definition) is 3. The Morgan fingerprint density at radius 1 is 1.47 bits per heavy atom. The highest BCUT2D eigenvalue weighted by Crippen LogP contribution is 2.19. The highest BCUT2D eigenvalue weighted by Gasteiger charge is 2.14. The molecule has 0 radical (unpaired) electrons. The van der Waals surface area contributed by atoms with Gasteiger partial charge in [0.1, 0.15) is 5.65 Å².